The average Bonchev–Trinajstić information content (AvgIpc) is 2.86. The first-order valence-electron chi connectivity index (χ1n) is 8.68. The van der Waals surface area contributed by atoms with Crippen LogP contribution in [0.3, 0.4) is 0 Å². The van der Waals surface area contributed by atoms with Crippen molar-refractivity contribution in [1.29, 1.82) is 0 Å². The van der Waals surface area contributed by atoms with Gasteiger partial charge in [0.25, 0.3) is 0 Å². The second-order valence-corrected chi connectivity index (χ2v) is 8.96. The van der Waals surface area contributed by atoms with E-state index in [0.717, 1.165) is 5.56 Å². The number of hydrogen-bond donors (Lipinski definition) is 0. The zero-order chi connectivity index (χ0) is 18.9. The summed E-state index contributed by atoms with van der Waals surface area (Å²) in [6, 6.07) is 8.90. The van der Waals surface area contributed by atoms with E-state index in [-0.39, 0.29) is 36.0 Å². The fraction of sp³-hybridized carbons (Fsp3) is 0.450. The molecule has 0 aliphatic carbocycles. The lowest BCUT2D eigenvalue weighted by atomic mass is 9.87. The Kier molecular flexibility index (Phi) is 5.23. The van der Waals surface area contributed by atoms with Gasteiger partial charge in [0.05, 0.1) is 11.3 Å². The average molecular weight is 373 g/mol. The quantitative estimate of drug-likeness (QED) is 0.418. The number of hydrogen-bond acceptors (Lipinski definition) is 5. The number of ketones is 1. The van der Waals surface area contributed by atoms with Gasteiger partial charge in [-0.3, -0.25) is 9.59 Å². The van der Waals surface area contributed by atoms with E-state index >= 15 is 0 Å². The van der Waals surface area contributed by atoms with Crippen LogP contribution in [0.4, 0.5) is 0 Å². The fourth-order valence-electron chi connectivity index (χ4n) is 3.62. The molecular weight excluding hydrogens is 350 g/mol. The molecule has 0 unspecified atom stereocenters. The summed E-state index contributed by atoms with van der Waals surface area (Å²) >= 11 is 1.57. The van der Waals surface area contributed by atoms with E-state index < -0.39 is 16.8 Å². The predicted molar refractivity (Wildman–Crippen MR) is 101 cm³/mol. The Morgan fingerprint density at radius 3 is 2.65 bits per heavy atom. The van der Waals surface area contributed by atoms with Crippen LogP contribution in [0, 0.1) is 5.92 Å². The van der Waals surface area contributed by atoms with Crippen LogP contribution in [0.2, 0.25) is 0 Å². The van der Waals surface area contributed by atoms with Gasteiger partial charge in [0, 0.05) is 17.6 Å². The summed E-state index contributed by atoms with van der Waals surface area (Å²) in [4.78, 5) is 39.0. The van der Waals surface area contributed by atoms with Gasteiger partial charge in [-0.1, -0.05) is 43.0 Å². The third kappa shape index (κ3) is 3.43. The molecule has 1 aromatic rings. The molecule has 0 N–H and O–H groups in total. The van der Waals surface area contributed by atoms with Gasteiger partial charge in [-0.05, 0) is 19.4 Å². The first kappa shape index (κ1) is 18.7. The molecule has 1 amide bonds. The standard InChI is InChI=1S/C20H23NO4S/c1-4-10-25-19(24)16-20(2,3)26-18-15(17(23)21(16)18)12-14(22)11-13-8-6-5-7-9-13/h4-9,15-16,18H,1,10-12H2,2-3H3/t15-,16+,18-/m1/s1. The maximum Gasteiger partial charge on any atom is 0.330 e. The molecule has 2 saturated heterocycles. The van der Waals surface area contributed by atoms with Gasteiger partial charge in [-0.15, -0.1) is 11.8 Å². The largest absolute Gasteiger partial charge is 0.460 e. The molecule has 1 aromatic carbocycles. The Hall–Kier alpha value is -2.08. The van der Waals surface area contributed by atoms with Gasteiger partial charge in [-0.25, -0.2) is 4.79 Å². The smallest absolute Gasteiger partial charge is 0.330 e. The van der Waals surface area contributed by atoms with Crippen LogP contribution in [-0.2, 0) is 25.5 Å². The van der Waals surface area contributed by atoms with Gasteiger partial charge in [-0.2, -0.15) is 0 Å². The topological polar surface area (TPSA) is 63.7 Å². The molecule has 0 radical (unpaired) electrons. The lowest BCUT2D eigenvalue weighted by molar-refractivity contribution is -0.166. The van der Waals surface area contributed by atoms with Crippen molar-refractivity contribution in [2.45, 2.75) is 42.9 Å². The summed E-state index contributed by atoms with van der Waals surface area (Å²) < 4.78 is 4.73. The Morgan fingerprint density at radius 2 is 2.00 bits per heavy atom. The Bertz CT molecular complexity index is 731. The molecule has 0 spiro atoms. The van der Waals surface area contributed by atoms with Crippen LogP contribution in [0.25, 0.3) is 0 Å². The van der Waals surface area contributed by atoms with Crippen LogP contribution in [0.5, 0.6) is 0 Å². The molecular formula is C20H23NO4S. The van der Waals surface area contributed by atoms with Crippen molar-refractivity contribution < 1.29 is 19.1 Å². The van der Waals surface area contributed by atoms with Crippen molar-refractivity contribution >= 4 is 29.4 Å². The second-order valence-electron chi connectivity index (χ2n) is 7.19. The highest BCUT2D eigenvalue weighted by molar-refractivity contribution is 8.01. The molecule has 138 valence electrons. The highest BCUT2D eigenvalue weighted by Crippen LogP contribution is 2.54. The van der Waals surface area contributed by atoms with Crippen LogP contribution < -0.4 is 0 Å². The van der Waals surface area contributed by atoms with Crippen molar-refractivity contribution in [2.24, 2.45) is 5.92 Å². The molecule has 0 saturated carbocycles. The summed E-state index contributed by atoms with van der Waals surface area (Å²) in [7, 11) is 0. The van der Waals surface area contributed by atoms with E-state index in [1.165, 1.54) is 6.08 Å². The molecule has 2 aliphatic heterocycles. The summed E-state index contributed by atoms with van der Waals surface area (Å²) in [5.41, 5.74) is 0.950. The molecule has 0 bridgehead atoms. The van der Waals surface area contributed by atoms with Crippen LogP contribution in [-0.4, -0.2) is 45.3 Å². The number of carbonyl (C=O) groups is 3. The van der Waals surface area contributed by atoms with Crippen LogP contribution >= 0.6 is 11.8 Å². The van der Waals surface area contributed by atoms with E-state index in [4.69, 9.17) is 4.74 Å². The van der Waals surface area contributed by atoms with Gasteiger partial charge in [0.1, 0.15) is 18.4 Å². The molecule has 6 heteroatoms. The van der Waals surface area contributed by atoms with Gasteiger partial charge in [0.15, 0.2) is 0 Å². The number of β-lactam (4-membered cyclic amide) rings is 1. The number of nitrogens with zero attached hydrogens (tertiary/aromatic N) is 1. The second kappa shape index (κ2) is 7.27. The SMILES string of the molecule is C=CCOC(=O)[C@@H]1N2C(=O)[C@@H](CC(=O)Cc3ccccc3)[C@H]2SC1(C)C. The maximum absolute atomic E-state index is 12.6. The van der Waals surface area contributed by atoms with E-state index in [2.05, 4.69) is 6.58 Å². The lowest BCUT2D eigenvalue weighted by Gasteiger charge is -2.43. The molecule has 2 heterocycles. The molecule has 2 fully saturated rings. The molecule has 2 aliphatic rings. The summed E-state index contributed by atoms with van der Waals surface area (Å²) in [6.45, 7) is 7.54. The first-order valence-corrected chi connectivity index (χ1v) is 9.56. The van der Waals surface area contributed by atoms with Crippen molar-refractivity contribution in [1.82, 2.24) is 4.90 Å². The van der Waals surface area contributed by atoms with Gasteiger partial charge in [0.2, 0.25) is 5.91 Å². The lowest BCUT2D eigenvalue weighted by Crippen LogP contribution is -2.63. The third-order valence-corrected chi connectivity index (χ3v) is 6.44. The maximum atomic E-state index is 12.6. The van der Waals surface area contributed by atoms with Gasteiger partial charge >= 0.3 is 5.97 Å². The Balaban J connectivity index is 1.65. The molecule has 0 aromatic heterocycles. The Morgan fingerprint density at radius 1 is 1.31 bits per heavy atom. The van der Waals surface area contributed by atoms with Crippen molar-refractivity contribution in [3.63, 3.8) is 0 Å². The van der Waals surface area contributed by atoms with Crippen LogP contribution in [0.1, 0.15) is 25.8 Å². The number of amides is 1. The number of benzene rings is 1. The number of fused-ring (bicyclic) bond motifs is 1. The monoisotopic (exact) mass is 373 g/mol. The zero-order valence-corrected chi connectivity index (χ0v) is 15.8. The fourth-order valence-corrected chi connectivity index (χ4v) is 5.30. The van der Waals surface area contributed by atoms with Crippen molar-refractivity contribution in [3.05, 3.63) is 48.6 Å². The number of Topliss-reactive ketones (excluding diaryl/α,β-unsaturated/α-hetero) is 1. The van der Waals surface area contributed by atoms with E-state index in [0.29, 0.717) is 6.42 Å². The minimum absolute atomic E-state index is 0.0466. The van der Waals surface area contributed by atoms with Crippen molar-refractivity contribution in [3.8, 4) is 0 Å². The van der Waals surface area contributed by atoms with E-state index in [9.17, 15) is 14.4 Å². The molecule has 3 atom stereocenters. The van der Waals surface area contributed by atoms with E-state index in [1.807, 2.05) is 44.2 Å². The minimum atomic E-state index is -0.620. The van der Waals surface area contributed by atoms with Crippen LogP contribution in [0.15, 0.2) is 43.0 Å². The highest BCUT2D eigenvalue weighted by Gasteiger charge is 2.64. The normalized spacial score (nSPS) is 26.0. The minimum Gasteiger partial charge on any atom is -0.460 e. The number of thioether (sulfide) groups is 1. The first-order chi connectivity index (χ1) is 12.3. The molecule has 26 heavy (non-hydrogen) atoms. The van der Waals surface area contributed by atoms with Crippen molar-refractivity contribution in [2.75, 3.05) is 6.61 Å². The third-order valence-electron chi connectivity index (χ3n) is 4.81. The van der Waals surface area contributed by atoms with Gasteiger partial charge < -0.3 is 9.64 Å². The zero-order valence-electron chi connectivity index (χ0n) is 15.0. The number of ether oxygens (including phenoxy) is 1. The summed E-state index contributed by atoms with van der Waals surface area (Å²) in [5, 5.41) is -0.140. The number of rotatable bonds is 7. The summed E-state index contributed by atoms with van der Waals surface area (Å²) in [6.07, 6.45) is 2.05. The number of esters is 1. The van der Waals surface area contributed by atoms with E-state index in [1.54, 1.807) is 16.7 Å². The number of carbonyl (C=O) groups excluding carboxylic acids is 3. The molecule has 5 nitrogen and oxygen atoms in total. The Labute approximate surface area is 157 Å². The predicted octanol–water partition coefficient (Wildman–Crippen LogP) is 2.60. The highest BCUT2D eigenvalue weighted by atomic mass is 32.2. The molecule has 3 rings (SSSR count). The summed E-state index contributed by atoms with van der Waals surface area (Å²) in [5.74, 6) is -0.847.